The molecule has 0 saturated heterocycles. The molecule has 0 N–H and O–H groups in total. The van der Waals surface area contributed by atoms with Gasteiger partial charge in [0.1, 0.15) is 16.9 Å². The van der Waals surface area contributed by atoms with Gasteiger partial charge in [0, 0.05) is 33.1 Å². The average molecular weight is 917 g/mol. The maximum Gasteiger partial charge on any atom is 0.132 e. The molecule has 1 aliphatic heterocycles. The summed E-state index contributed by atoms with van der Waals surface area (Å²) in [7, 11) is 0. The summed E-state index contributed by atoms with van der Waals surface area (Å²) in [5, 5.41) is 0. The van der Waals surface area contributed by atoms with Gasteiger partial charge < -0.3 is 4.74 Å². The van der Waals surface area contributed by atoms with Crippen LogP contribution in [0.1, 0.15) is 153 Å². The van der Waals surface area contributed by atoms with Crippen molar-refractivity contribution >= 4 is 0 Å². The molecule has 0 spiro atoms. The second-order valence-electron chi connectivity index (χ2n) is 24.6. The summed E-state index contributed by atoms with van der Waals surface area (Å²) >= 11 is 0. The quantitative estimate of drug-likeness (QED) is 0.176. The van der Waals surface area contributed by atoms with Crippen LogP contribution in [0.2, 0.25) is 0 Å². The molecule has 2 aromatic heterocycles. The van der Waals surface area contributed by atoms with Crippen LogP contribution < -0.4 is 4.74 Å². The fourth-order valence-electron chi connectivity index (χ4n) is 12.5. The van der Waals surface area contributed by atoms with Crippen LogP contribution in [-0.2, 0) is 37.9 Å². The van der Waals surface area contributed by atoms with Gasteiger partial charge in [-0.2, -0.15) is 0 Å². The van der Waals surface area contributed by atoms with E-state index in [0.717, 1.165) is 56.5 Å². The molecule has 2 aliphatic carbocycles. The van der Waals surface area contributed by atoms with Gasteiger partial charge in [0.05, 0.1) is 22.8 Å². The van der Waals surface area contributed by atoms with Crippen LogP contribution in [-0.4, -0.2) is 9.97 Å². The molecule has 0 amide bonds. The van der Waals surface area contributed by atoms with Crippen molar-refractivity contribution in [2.75, 3.05) is 0 Å². The van der Waals surface area contributed by atoms with Crippen LogP contribution in [0.3, 0.4) is 0 Å². The number of rotatable bonds is 4. The minimum atomic E-state index is -1.05. The van der Waals surface area contributed by atoms with E-state index in [1.54, 1.807) is 0 Å². The third kappa shape index (κ3) is 6.38. The zero-order chi connectivity index (χ0) is 49.6. The maximum atomic E-state index is 7.26. The van der Waals surface area contributed by atoms with Crippen molar-refractivity contribution in [2.24, 2.45) is 0 Å². The number of aromatic nitrogens is 2. The first-order valence-corrected chi connectivity index (χ1v) is 25.4. The maximum absolute atomic E-state index is 7.26. The lowest BCUT2D eigenvalue weighted by molar-refractivity contribution is 0.297. The lowest BCUT2D eigenvalue weighted by Crippen LogP contribution is -2.45. The van der Waals surface area contributed by atoms with Gasteiger partial charge in [0.15, 0.2) is 0 Å². The van der Waals surface area contributed by atoms with E-state index in [2.05, 4.69) is 255 Å². The molecule has 3 nitrogen and oxygen atoms in total. The van der Waals surface area contributed by atoms with E-state index in [9.17, 15) is 0 Å². The molecule has 0 atom stereocenters. The first-order chi connectivity index (χ1) is 33.0. The predicted octanol–water partition coefficient (Wildman–Crippen LogP) is 17.4. The van der Waals surface area contributed by atoms with Crippen molar-refractivity contribution < 1.29 is 4.74 Å². The van der Waals surface area contributed by atoms with Crippen molar-refractivity contribution in [3.8, 4) is 56.3 Å². The van der Waals surface area contributed by atoms with E-state index in [1.165, 1.54) is 55.6 Å². The minimum absolute atomic E-state index is 0.0932. The number of hydrogen-bond donors (Lipinski definition) is 0. The number of hydrogen-bond acceptors (Lipinski definition) is 3. The molecule has 3 heterocycles. The predicted molar refractivity (Wildman–Crippen MR) is 292 cm³/mol. The van der Waals surface area contributed by atoms with E-state index >= 15 is 0 Å². The van der Waals surface area contributed by atoms with Gasteiger partial charge in [-0.15, -0.1) is 0 Å². The molecular formula is C67H68N2O. The summed E-state index contributed by atoms with van der Waals surface area (Å²) in [5.74, 6) is 1.60. The fraction of sp³-hybridized carbons (Fsp3) is 0.313. The zero-order valence-electron chi connectivity index (χ0n) is 43.8. The summed E-state index contributed by atoms with van der Waals surface area (Å²) in [6.07, 6.45) is 0. The molecule has 8 aromatic rings. The molecule has 0 fully saturated rings. The standard InChI is InChI=1S/C67H68N2O/c1-61(2,3)47-27-19-15-23-43(47)41-31-35-55-53(39-41)67(54-40-42(32-36-56(54)70-55)44-24-16-20-28-48(44)62(4,5)6,57-37-33-51-59(68-57)45-25-17-21-29-49(45)63(7,8)65(51,11)12)58-38-34-52-60(69-58)46-26-18-22-30-50(46)64(9,10)66(52,13)14/h15-40H,1-14H3. The van der Waals surface area contributed by atoms with Gasteiger partial charge in [-0.1, -0.05) is 218 Å². The average Bonchev–Trinajstić information content (AvgIpc) is 3.33. The molecule has 0 radical (unpaired) electrons. The molecule has 3 heteroatoms. The van der Waals surface area contributed by atoms with Gasteiger partial charge in [0.25, 0.3) is 0 Å². The van der Waals surface area contributed by atoms with Crippen molar-refractivity contribution in [3.05, 3.63) is 214 Å². The van der Waals surface area contributed by atoms with Gasteiger partial charge >= 0.3 is 0 Å². The van der Waals surface area contributed by atoms with Crippen LogP contribution >= 0.6 is 0 Å². The number of ether oxygens (including phenoxy) is 1. The third-order valence-electron chi connectivity index (χ3n) is 17.8. The molecule has 70 heavy (non-hydrogen) atoms. The van der Waals surface area contributed by atoms with Crippen LogP contribution in [0.4, 0.5) is 0 Å². The van der Waals surface area contributed by atoms with Crippen molar-refractivity contribution in [1.82, 2.24) is 9.97 Å². The number of pyridine rings is 2. The van der Waals surface area contributed by atoms with Gasteiger partial charge in [-0.05, 0) is 114 Å². The second kappa shape index (κ2) is 15.2. The zero-order valence-corrected chi connectivity index (χ0v) is 43.8. The Labute approximate surface area is 417 Å². The Kier molecular flexibility index (Phi) is 9.96. The molecule has 352 valence electrons. The molecule has 3 aliphatic rings. The molecule has 6 aromatic carbocycles. The smallest absolute Gasteiger partial charge is 0.132 e. The van der Waals surface area contributed by atoms with Crippen molar-refractivity contribution in [3.63, 3.8) is 0 Å². The van der Waals surface area contributed by atoms with Gasteiger partial charge in [0.2, 0.25) is 0 Å². The highest BCUT2D eigenvalue weighted by atomic mass is 16.5. The van der Waals surface area contributed by atoms with Gasteiger partial charge in [-0.25, -0.2) is 0 Å². The van der Waals surface area contributed by atoms with Gasteiger partial charge in [-0.3, -0.25) is 9.97 Å². The van der Waals surface area contributed by atoms with E-state index in [4.69, 9.17) is 14.7 Å². The Morgan fingerprint density at radius 3 is 1.07 bits per heavy atom. The van der Waals surface area contributed by atoms with Crippen LogP contribution in [0, 0.1) is 0 Å². The molecular weight excluding hydrogens is 849 g/mol. The van der Waals surface area contributed by atoms with Crippen LogP contribution in [0.5, 0.6) is 11.5 Å². The SMILES string of the molecule is CC(C)(C)c1ccccc1-c1ccc2c(c1)C(c1ccc3c(n1)-c1ccccc1C(C)(C)C3(C)C)(c1ccc3c(n1)-c1ccccc1C(C)(C)C3(C)C)c1cc(-c3ccccc3C(C)(C)C)ccc1O2. The van der Waals surface area contributed by atoms with E-state index < -0.39 is 5.41 Å². The van der Waals surface area contributed by atoms with E-state index in [1.807, 2.05) is 0 Å². The van der Waals surface area contributed by atoms with E-state index in [-0.39, 0.29) is 32.5 Å². The third-order valence-corrected chi connectivity index (χ3v) is 17.8. The molecule has 0 saturated carbocycles. The first kappa shape index (κ1) is 45.8. The summed E-state index contributed by atoms with van der Waals surface area (Å²) < 4.78 is 7.26. The molecule has 11 rings (SSSR count). The Bertz CT molecular complexity index is 3210. The summed E-state index contributed by atoms with van der Waals surface area (Å²) in [6, 6.07) is 58.8. The lowest BCUT2D eigenvalue weighted by atomic mass is 9.56. The van der Waals surface area contributed by atoms with E-state index in [0.29, 0.717) is 0 Å². The van der Waals surface area contributed by atoms with Crippen LogP contribution in [0.15, 0.2) is 158 Å². The summed E-state index contributed by atoms with van der Waals surface area (Å²) in [4.78, 5) is 12.2. The monoisotopic (exact) mass is 917 g/mol. The Hall–Kier alpha value is -6.58. The number of nitrogens with zero attached hydrogens (tertiary/aromatic N) is 2. The van der Waals surface area contributed by atoms with Crippen molar-refractivity contribution in [1.29, 1.82) is 0 Å². The highest BCUT2D eigenvalue weighted by Crippen LogP contribution is 2.60. The molecule has 0 unspecified atom stereocenters. The normalized spacial score (nSPS) is 17.4. The highest BCUT2D eigenvalue weighted by molar-refractivity contribution is 5.82. The Balaban J connectivity index is 1.32. The fourth-order valence-corrected chi connectivity index (χ4v) is 12.5. The minimum Gasteiger partial charge on any atom is -0.457 e. The second-order valence-corrected chi connectivity index (χ2v) is 24.6. The summed E-state index contributed by atoms with van der Waals surface area (Å²) in [5.41, 5.74) is 18.7. The Morgan fingerprint density at radius 1 is 0.343 bits per heavy atom. The topological polar surface area (TPSA) is 35.0 Å². The number of fused-ring (bicyclic) bond motifs is 8. The number of benzene rings is 6. The first-order valence-electron chi connectivity index (χ1n) is 25.4. The largest absolute Gasteiger partial charge is 0.457 e. The Morgan fingerprint density at radius 2 is 0.686 bits per heavy atom. The summed E-state index contributed by atoms with van der Waals surface area (Å²) in [6.45, 7) is 33.0. The highest BCUT2D eigenvalue weighted by Gasteiger charge is 2.53. The van der Waals surface area contributed by atoms with Crippen LogP contribution in [0.25, 0.3) is 44.8 Å². The molecule has 0 bridgehead atoms. The van der Waals surface area contributed by atoms with Crippen molar-refractivity contribution in [2.45, 2.75) is 135 Å². The lowest BCUT2D eigenvalue weighted by Gasteiger charge is -2.49.